The summed E-state index contributed by atoms with van der Waals surface area (Å²) in [7, 11) is 0. The molecule has 2 fully saturated rings. The summed E-state index contributed by atoms with van der Waals surface area (Å²) in [4.78, 5) is 0. The third-order valence-electron chi connectivity index (χ3n) is 5.80. The Morgan fingerprint density at radius 3 is 2.45 bits per heavy atom. The second-order valence-electron chi connectivity index (χ2n) is 8.17. The molecule has 6 atom stereocenters. The molecule has 2 aliphatic rings. The van der Waals surface area contributed by atoms with E-state index in [1.165, 1.54) is 6.07 Å². The molecule has 0 bridgehead atoms. The lowest BCUT2D eigenvalue weighted by atomic mass is 9.99. The van der Waals surface area contributed by atoms with Gasteiger partial charge in [-0.05, 0) is 35.4 Å². The lowest BCUT2D eigenvalue weighted by molar-refractivity contribution is -0.277. The van der Waals surface area contributed by atoms with E-state index in [0.29, 0.717) is 30.9 Å². The number of nitriles is 1. The first-order valence-electron chi connectivity index (χ1n) is 10.8. The summed E-state index contributed by atoms with van der Waals surface area (Å²) in [6.07, 6.45) is -5.61. The number of hydrogen-bond acceptors (Lipinski definition) is 9. The molecule has 9 nitrogen and oxygen atoms in total. The van der Waals surface area contributed by atoms with Crippen LogP contribution < -0.4 is 9.47 Å². The molecule has 4 N–H and O–H groups in total. The summed E-state index contributed by atoms with van der Waals surface area (Å²) in [5, 5.41) is 49.0. The maximum Gasteiger partial charge on any atom is 0.229 e. The average Bonchev–Trinajstić information content (AvgIpc) is 3.34. The van der Waals surface area contributed by atoms with Crippen LogP contribution in [0.15, 0.2) is 42.5 Å². The highest BCUT2D eigenvalue weighted by molar-refractivity contribution is 5.45. The summed E-state index contributed by atoms with van der Waals surface area (Å²) in [5.74, 6) is 1.05. The van der Waals surface area contributed by atoms with E-state index in [9.17, 15) is 25.7 Å². The van der Waals surface area contributed by atoms with Gasteiger partial charge in [0.05, 0.1) is 31.5 Å². The molecule has 2 aliphatic heterocycles. The molecule has 0 unspecified atom stereocenters. The van der Waals surface area contributed by atoms with Gasteiger partial charge >= 0.3 is 0 Å². The molecule has 0 aliphatic carbocycles. The average molecular weight is 457 g/mol. The van der Waals surface area contributed by atoms with Gasteiger partial charge in [0.1, 0.15) is 42.0 Å². The summed E-state index contributed by atoms with van der Waals surface area (Å²) < 4.78 is 22.5. The number of rotatable bonds is 7. The zero-order valence-corrected chi connectivity index (χ0v) is 17.9. The monoisotopic (exact) mass is 457 g/mol. The van der Waals surface area contributed by atoms with Crippen LogP contribution in [0.3, 0.4) is 0 Å². The second-order valence-corrected chi connectivity index (χ2v) is 8.17. The van der Waals surface area contributed by atoms with Gasteiger partial charge in [-0.25, -0.2) is 0 Å². The van der Waals surface area contributed by atoms with E-state index in [-0.39, 0.29) is 6.10 Å². The third kappa shape index (κ3) is 5.45. The van der Waals surface area contributed by atoms with Crippen LogP contribution in [0, 0.1) is 11.3 Å². The highest BCUT2D eigenvalue weighted by atomic mass is 16.7. The van der Waals surface area contributed by atoms with Gasteiger partial charge in [0, 0.05) is 12.8 Å². The lowest BCUT2D eigenvalue weighted by Gasteiger charge is -2.39. The highest BCUT2D eigenvalue weighted by Gasteiger charge is 2.44. The van der Waals surface area contributed by atoms with E-state index < -0.39 is 37.3 Å². The molecule has 2 aromatic rings. The second kappa shape index (κ2) is 10.5. The number of ether oxygens (including phenoxy) is 4. The van der Waals surface area contributed by atoms with Gasteiger partial charge in [0.25, 0.3) is 0 Å². The molecular weight excluding hydrogens is 430 g/mol. The van der Waals surface area contributed by atoms with Crippen LogP contribution in [0.2, 0.25) is 0 Å². The van der Waals surface area contributed by atoms with Gasteiger partial charge in [-0.1, -0.05) is 18.2 Å². The molecule has 0 aromatic heterocycles. The molecule has 0 amide bonds. The Balaban J connectivity index is 1.50. The van der Waals surface area contributed by atoms with Crippen LogP contribution >= 0.6 is 0 Å². The SMILES string of the molecule is N#Cc1ccc(Cc2ccc(O[C@H]3CCOC3)cc2)c(O[C@@H]2O[C@H](CO)[C@@H](O)[C@H](O)[C@H]2O)c1. The molecule has 2 aromatic carbocycles. The minimum atomic E-state index is -1.55. The van der Waals surface area contributed by atoms with E-state index in [4.69, 9.17) is 18.9 Å². The standard InChI is InChI=1S/C24H27NO8/c25-11-15-1-4-16(9-14-2-5-17(6-3-14)31-18-7-8-30-13-18)19(10-15)32-24-23(29)22(28)21(27)20(12-26)33-24/h1-6,10,18,20-24,26-29H,7-9,12-13H2/t18-,20+,21+,22-,23+,24+/m0/s1. The zero-order valence-electron chi connectivity index (χ0n) is 17.9. The van der Waals surface area contributed by atoms with Crippen molar-refractivity contribution in [2.24, 2.45) is 0 Å². The zero-order chi connectivity index (χ0) is 23.4. The molecule has 9 heteroatoms. The van der Waals surface area contributed by atoms with Crippen LogP contribution in [-0.4, -0.2) is 77.1 Å². The number of aliphatic hydroxyl groups is 4. The van der Waals surface area contributed by atoms with Crippen LogP contribution in [0.25, 0.3) is 0 Å². The molecule has 2 heterocycles. The Hall–Kier alpha value is -2.71. The fourth-order valence-corrected chi connectivity index (χ4v) is 3.87. The number of nitrogens with zero attached hydrogens (tertiary/aromatic N) is 1. The van der Waals surface area contributed by atoms with E-state index in [0.717, 1.165) is 23.3 Å². The smallest absolute Gasteiger partial charge is 0.229 e. The van der Waals surface area contributed by atoms with Gasteiger partial charge in [-0.15, -0.1) is 0 Å². The number of hydrogen-bond donors (Lipinski definition) is 4. The van der Waals surface area contributed by atoms with Crippen LogP contribution in [0.4, 0.5) is 0 Å². The normalized spacial score (nSPS) is 29.4. The quantitative estimate of drug-likeness (QED) is 0.467. The topological polar surface area (TPSA) is 142 Å². The Morgan fingerprint density at radius 1 is 1.00 bits per heavy atom. The van der Waals surface area contributed by atoms with E-state index in [1.807, 2.05) is 30.3 Å². The predicted octanol–water partition coefficient (Wildman–Crippen LogP) is 0.495. The first-order valence-corrected chi connectivity index (χ1v) is 10.8. The third-order valence-corrected chi connectivity index (χ3v) is 5.80. The molecule has 0 spiro atoms. The Labute approximate surface area is 191 Å². The van der Waals surface area contributed by atoms with Crippen molar-refractivity contribution in [1.82, 2.24) is 0 Å². The van der Waals surface area contributed by atoms with Crippen molar-refractivity contribution >= 4 is 0 Å². The molecule has 33 heavy (non-hydrogen) atoms. The molecule has 2 saturated heterocycles. The van der Waals surface area contributed by atoms with Gasteiger partial charge < -0.3 is 39.4 Å². The molecule has 0 radical (unpaired) electrons. The molecule has 4 rings (SSSR count). The van der Waals surface area contributed by atoms with Crippen LogP contribution in [0.1, 0.15) is 23.1 Å². The van der Waals surface area contributed by atoms with Gasteiger partial charge in [0.2, 0.25) is 6.29 Å². The van der Waals surface area contributed by atoms with Gasteiger partial charge in [0.15, 0.2) is 0 Å². The van der Waals surface area contributed by atoms with E-state index in [1.54, 1.807) is 12.1 Å². The van der Waals surface area contributed by atoms with Gasteiger partial charge in [-0.3, -0.25) is 0 Å². The van der Waals surface area contributed by atoms with E-state index >= 15 is 0 Å². The van der Waals surface area contributed by atoms with Crippen molar-refractivity contribution in [3.63, 3.8) is 0 Å². The molecular formula is C24H27NO8. The maximum atomic E-state index is 10.3. The molecule has 176 valence electrons. The van der Waals surface area contributed by atoms with E-state index in [2.05, 4.69) is 0 Å². The number of aliphatic hydroxyl groups excluding tert-OH is 4. The van der Waals surface area contributed by atoms with Gasteiger partial charge in [-0.2, -0.15) is 5.26 Å². The summed E-state index contributed by atoms with van der Waals surface area (Å²) in [5.41, 5.74) is 2.04. The number of benzene rings is 2. The fourth-order valence-electron chi connectivity index (χ4n) is 3.87. The minimum Gasteiger partial charge on any atom is -0.488 e. The largest absolute Gasteiger partial charge is 0.488 e. The van der Waals surface area contributed by atoms with Crippen molar-refractivity contribution < 1.29 is 39.4 Å². The minimum absolute atomic E-state index is 0.0629. The maximum absolute atomic E-state index is 10.3. The fraction of sp³-hybridized carbons (Fsp3) is 0.458. The predicted molar refractivity (Wildman–Crippen MR) is 115 cm³/mol. The van der Waals surface area contributed by atoms with Crippen LogP contribution in [-0.2, 0) is 15.9 Å². The van der Waals surface area contributed by atoms with Crippen LogP contribution in [0.5, 0.6) is 11.5 Å². The van der Waals surface area contributed by atoms with Crippen molar-refractivity contribution in [2.45, 2.75) is 49.7 Å². The Kier molecular flexibility index (Phi) is 7.45. The van der Waals surface area contributed by atoms with Crippen molar-refractivity contribution in [2.75, 3.05) is 19.8 Å². The van der Waals surface area contributed by atoms with Crippen molar-refractivity contribution in [3.05, 3.63) is 59.2 Å². The van der Waals surface area contributed by atoms with Crippen molar-refractivity contribution in [3.8, 4) is 17.6 Å². The first kappa shape index (κ1) is 23.4. The highest BCUT2D eigenvalue weighted by Crippen LogP contribution is 2.29. The summed E-state index contributed by atoms with van der Waals surface area (Å²) in [6, 6.07) is 14.6. The first-order chi connectivity index (χ1) is 16.0. The van der Waals surface area contributed by atoms with Crippen molar-refractivity contribution in [1.29, 1.82) is 5.26 Å². The summed E-state index contributed by atoms with van der Waals surface area (Å²) in [6.45, 7) is 0.738. The molecule has 0 saturated carbocycles. The Bertz CT molecular complexity index is 967. The summed E-state index contributed by atoms with van der Waals surface area (Å²) >= 11 is 0. The Morgan fingerprint density at radius 2 is 1.79 bits per heavy atom. The lowest BCUT2D eigenvalue weighted by Crippen LogP contribution is -2.60.